The number of carbonyl (C=O) groups excluding carboxylic acids is 1. The van der Waals surface area contributed by atoms with Gasteiger partial charge >= 0.3 is 6.09 Å². The molecule has 0 radical (unpaired) electrons. The minimum atomic E-state index is -1.71. The van der Waals surface area contributed by atoms with Crippen LogP contribution in [0.5, 0.6) is 5.75 Å². The van der Waals surface area contributed by atoms with Crippen LogP contribution in [0.1, 0.15) is 52.7 Å². The second-order valence-electron chi connectivity index (χ2n) is 12.0. The molecule has 0 saturated carbocycles. The van der Waals surface area contributed by atoms with E-state index in [1.165, 1.54) is 4.90 Å². The summed E-state index contributed by atoms with van der Waals surface area (Å²) in [6.07, 6.45) is -0.396. The zero-order valence-corrected chi connectivity index (χ0v) is 26.8. The molecule has 0 spiro atoms. The third-order valence-electron chi connectivity index (χ3n) is 6.49. The van der Waals surface area contributed by atoms with Crippen LogP contribution in [0.2, 0.25) is 18.1 Å². The first-order chi connectivity index (χ1) is 18.7. The molecule has 1 amide bonds. The Labute approximate surface area is 242 Å². The Bertz CT molecular complexity index is 1110. The number of ether oxygens (including phenoxy) is 4. The summed E-state index contributed by atoms with van der Waals surface area (Å²) in [4.78, 5) is 13.7. The van der Waals surface area contributed by atoms with Crippen molar-refractivity contribution >= 4 is 20.1 Å². The summed E-state index contributed by atoms with van der Waals surface area (Å²) < 4.78 is 28.5. The number of benzene rings is 2. The molecule has 220 valence electrons. The normalized spacial score (nSPS) is 11.9. The molecule has 2 aromatic rings. The fourth-order valence-corrected chi connectivity index (χ4v) is 4.12. The standard InChI is InChI=1S/C32H47NO6Si/c1-31(2,3)39-30(34)33(7)28-16-12-26(13-17-28)10-11-27-14-18-29(19-15-27)37-24-22-35-20-21-36-23-25-38-40(8,9)32(4,5)6/h12-19H,20-25H2,1-9H3. The van der Waals surface area contributed by atoms with E-state index in [0.717, 1.165) is 22.6 Å². The van der Waals surface area contributed by atoms with E-state index in [9.17, 15) is 4.79 Å². The number of rotatable bonds is 12. The molecule has 2 rings (SSSR count). The van der Waals surface area contributed by atoms with E-state index in [1.807, 2.05) is 69.3 Å². The van der Waals surface area contributed by atoms with Gasteiger partial charge in [0.1, 0.15) is 18.0 Å². The third-order valence-corrected chi connectivity index (χ3v) is 11.0. The Morgan fingerprint density at radius 3 is 1.73 bits per heavy atom. The van der Waals surface area contributed by atoms with Crippen molar-refractivity contribution in [1.82, 2.24) is 0 Å². The van der Waals surface area contributed by atoms with Crippen molar-refractivity contribution in [3.8, 4) is 17.6 Å². The van der Waals surface area contributed by atoms with Gasteiger partial charge < -0.3 is 23.4 Å². The van der Waals surface area contributed by atoms with Crippen molar-refractivity contribution in [2.75, 3.05) is 51.6 Å². The minimum Gasteiger partial charge on any atom is -0.491 e. The van der Waals surface area contributed by atoms with Gasteiger partial charge in [-0.2, -0.15) is 0 Å². The number of anilines is 1. The fraction of sp³-hybridized carbons (Fsp3) is 0.531. The highest BCUT2D eigenvalue weighted by molar-refractivity contribution is 6.74. The van der Waals surface area contributed by atoms with Gasteiger partial charge in [0.2, 0.25) is 0 Å². The van der Waals surface area contributed by atoms with Crippen LogP contribution < -0.4 is 9.64 Å². The number of amides is 1. The van der Waals surface area contributed by atoms with E-state index in [-0.39, 0.29) is 5.04 Å². The van der Waals surface area contributed by atoms with Crippen molar-refractivity contribution in [2.24, 2.45) is 0 Å². The molecule has 0 aromatic heterocycles. The molecule has 40 heavy (non-hydrogen) atoms. The highest BCUT2D eigenvalue weighted by atomic mass is 28.4. The van der Waals surface area contributed by atoms with Crippen molar-refractivity contribution < 1.29 is 28.2 Å². The Morgan fingerprint density at radius 1 is 0.750 bits per heavy atom. The molecule has 0 bridgehead atoms. The fourth-order valence-electron chi connectivity index (χ4n) is 3.10. The van der Waals surface area contributed by atoms with Crippen LogP contribution >= 0.6 is 0 Å². The zero-order valence-electron chi connectivity index (χ0n) is 25.8. The first kappa shape index (κ1) is 33.4. The molecule has 0 N–H and O–H groups in total. The van der Waals surface area contributed by atoms with Gasteiger partial charge in [-0.1, -0.05) is 32.6 Å². The van der Waals surface area contributed by atoms with Crippen LogP contribution in [0.4, 0.5) is 10.5 Å². The second-order valence-corrected chi connectivity index (χ2v) is 16.9. The molecule has 2 aromatic carbocycles. The Balaban J connectivity index is 1.65. The van der Waals surface area contributed by atoms with E-state index in [1.54, 1.807) is 7.05 Å². The molecule has 8 heteroatoms. The molecule has 0 aliphatic rings. The van der Waals surface area contributed by atoms with E-state index in [4.69, 9.17) is 23.4 Å². The summed E-state index contributed by atoms with van der Waals surface area (Å²) in [6.45, 7) is 19.9. The molecule has 0 atom stereocenters. The van der Waals surface area contributed by atoms with Gasteiger partial charge in [0.05, 0.1) is 33.0 Å². The summed E-state index contributed by atoms with van der Waals surface area (Å²) in [7, 11) is -0.0236. The van der Waals surface area contributed by atoms with Gasteiger partial charge in [-0.15, -0.1) is 0 Å². The minimum absolute atomic E-state index is 0.210. The van der Waals surface area contributed by atoms with Crippen molar-refractivity contribution in [2.45, 2.75) is 65.3 Å². The lowest BCUT2D eigenvalue weighted by atomic mass is 10.1. The summed E-state index contributed by atoms with van der Waals surface area (Å²) >= 11 is 0. The van der Waals surface area contributed by atoms with Gasteiger partial charge in [-0.05, 0) is 87.4 Å². The monoisotopic (exact) mass is 569 g/mol. The van der Waals surface area contributed by atoms with Crippen LogP contribution in [0.15, 0.2) is 48.5 Å². The topological polar surface area (TPSA) is 66.5 Å². The number of nitrogens with zero attached hydrogens (tertiary/aromatic N) is 1. The van der Waals surface area contributed by atoms with E-state index < -0.39 is 20.0 Å². The highest BCUT2D eigenvalue weighted by Gasteiger charge is 2.36. The summed E-state index contributed by atoms with van der Waals surface area (Å²) in [5.41, 5.74) is 1.94. The van der Waals surface area contributed by atoms with Gasteiger partial charge in [0.15, 0.2) is 8.32 Å². The first-order valence-corrected chi connectivity index (χ1v) is 16.7. The quantitative estimate of drug-likeness (QED) is 0.158. The number of carbonyl (C=O) groups is 1. The van der Waals surface area contributed by atoms with Crippen LogP contribution in [-0.2, 0) is 18.6 Å². The average molecular weight is 570 g/mol. The molecular formula is C32H47NO6Si. The number of hydrogen-bond donors (Lipinski definition) is 0. The summed E-state index contributed by atoms with van der Waals surface area (Å²) in [5.74, 6) is 7.07. The lowest BCUT2D eigenvalue weighted by Gasteiger charge is -2.36. The van der Waals surface area contributed by atoms with E-state index >= 15 is 0 Å². The molecule has 0 fully saturated rings. The predicted molar refractivity (Wildman–Crippen MR) is 164 cm³/mol. The van der Waals surface area contributed by atoms with E-state index in [2.05, 4.69) is 45.7 Å². The molecular weight excluding hydrogens is 522 g/mol. The van der Waals surface area contributed by atoms with Crippen molar-refractivity contribution in [3.63, 3.8) is 0 Å². The summed E-state index contributed by atoms with van der Waals surface area (Å²) in [6, 6.07) is 15.1. The second kappa shape index (κ2) is 15.2. The van der Waals surface area contributed by atoms with Crippen molar-refractivity contribution in [3.05, 3.63) is 59.7 Å². The van der Waals surface area contributed by atoms with Crippen LogP contribution in [-0.4, -0.2) is 66.7 Å². The molecule has 7 nitrogen and oxygen atoms in total. The van der Waals surface area contributed by atoms with Crippen molar-refractivity contribution in [1.29, 1.82) is 0 Å². The SMILES string of the molecule is CN(C(=O)OC(C)(C)C)c1ccc(C#Cc2ccc(OCCOCCOCCO[Si](C)(C)C(C)(C)C)cc2)cc1. The van der Waals surface area contributed by atoms with E-state index in [0.29, 0.717) is 39.6 Å². The number of hydrogen-bond acceptors (Lipinski definition) is 6. The molecule has 0 aliphatic carbocycles. The Morgan fingerprint density at radius 2 is 1.23 bits per heavy atom. The Hall–Kier alpha value is -2.83. The third kappa shape index (κ3) is 12.1. The molecule has 0 saturated heterocycles. The molecule has 0 unspecified atom stereocenters. The van der Waals surface area contributed by atoms with Gasteiger partial charge in [0.25, 0.3) is 0 Å². The largest absolute Gasteiger partial charge is 0.491 e. The first-order valence-electron chi connectivity index (χ1n) is 13.8. The Kier molecular flexibility index (Phi) is 12.7. The molecule has 0 aliphatic heterocycles. The average Bonchev–Trinajstić information content (AvgIpc) is 2.87. The van der Waals surface area contributed by atoms with Gasteiger partial charge in [0, 0.05) is 23.9 Å². The predicted octanol–water partition coefficient (Wildman–Crippen LogP) is 6.89. The molecule has 0 heterocycles. The maximum absolute atomic E-state index is 12.2. The van der Waals surface area contributed by atoms with Crippen LogP contribution in [0.25, 0.3) is 0 Å². The van der Waals surface area contributed by atoms with Crippen LogP contribution in [0, 0.1) is 11.8 Å². The summed E-state index contributed by atoms with van der Waals surface area (Å²) in [5, 5.41) is 0.210. The lowest BCUT2D eigenvalue weighted by Crippen LogP contribution is -2.41. The van der Waals surface area contributed by atoms with Crippen LogP contribution in [0.3, 0.4) is 0 Å². The highest BCUT2D eigenvalue weighted by Crippen LogP contribution is 2.36. The van der Waals surface area contributed by atoms with Gasteiger partial charge in [-0.25, -0.2) is 4.79 Å². The smallest absolute Gasteiger partial charge is 0.414 e. The van der Waals surface area contributed by atoms with Gasteiger partial charge in [-0.3, -0.25) is 4.90 Å². The zero-order chi connectivity index (χ0) is 29.8. The lowest BCUT2D eigenvalue weighted by molar-refractivity contribution is 0.0260. The maximum atomic E-state index is 12.2. The maximum Gasteiger partial charge on any atom is 0.414 e.